The summed E-state index contributed by atoms with van der Waals surface area (Å²) in [5.41, 5.74) is 5.46. The summed E-state index contributed by atoms with van der Waals surface area (Å²) in [7, 11) is 0. The van der Waals surface area contributed by atoms with Crippen molar-refractivity contribution in [3.8, 4) is 5.69 Å². The number of amides is 2. The highest BCUT2D eigenvalue weighted by Crippen LogP contribution is 2.29. The van der Waals surface area contributed by atoms with Crippen LogP contribution in [0, 0.1) is 13.8 Å². The van der Waals surface area contributed by atoms with Crippen LogP contribution in [-0.4, -0.2) is 36.9 Å². The van der Waals surface area contributed by atoms with E-state index in [-0.39, 0.29) is 18.4 Å². The van der Waals surface area contributed by atoms with Gasteiger partial charge in [-0.2, -0.15) is 0 Å². The monoisotopic (exact) mass is 516 g/mol. The van der Waals surface area contributed by atoms with Gasteiger partial charge < -0.3 is 10.2 Å². The Kier molecular flexibility index (Phi) is 7.54. The number of para-hydroxylation sites is 1. The fraction of sp³-hybridized carbons (Fsp3) is 0.129. The highest BCUT2D eigenvalue weighted by molar-refractivity contribution is 6.02. The van der Waals surface area contributed by atoms with Gasteiger partial charge in [0.15, 0.2) is 0 Å². The molecule has 4 aromatic carbocycles. The first-order valence-electron chi connectivity index (χ1n) is 12.6. The molecule has 5 rings (SSSR count). The summed E-state index contributed by atoms with van der Waals surface area (Å²) in [4.78, 5) is 29.8. The Balaban J connectivity index is 1.56. The lowest BCUT2D eigenvalue weighted by Crippen LogP contribution is -2.41. The maximum atomic E-state index is 14.2. The van der Waals surface area contributed by atoms with Gasteiger partial charge in [-0.25, -0.2) is 4.68 Å². The summed E-state index contributed by atoms with van der Waals surface area (Å²) < 4.78 is 1.51. The average Bonchev–Trinajstić information content (AvgIpc) is 3.51. The Bertz CT molecular complexity index is 1530. The summed E-state index contributed by atoms with van der Waals surface area (Å²) >= 11 is 0. The number of rotatable bonds is 8. The van der Waals surface area contributed by atoms with Crippen LogP contribution in [0.5, 0.6) is 0 Å². The Morgan fingerprint density at radius 2 is 1.46 bits per heavy atom. The molecule has 0 spiro atoms. The van der Waals surface area contributed by atoms with Crippen molar-refractivity contribution in [2.45, 2.75) is 26.4 Å². The van der Waals surface area contributed by atoms with Crippen LogP contribution in [0.3, 0.4) is 0 Å². The van der Waals surface area contributed by atoms with Crippen LogP contribution in [0.1, 0.15) is 38.7 Å². The molecule has 1 aromatic heterocycles. The van der Waals surface area contributed by atoms with Crippen LogP contribution >= 0.6 is 0 Å². The number of anilines is 1. The second-order valence-electron chi connectivity index (χ2n) is 9.29. The molecule has 0 radical (unpaired) electrons. The lowest BCUT2D eigenvalue weighted by molar-refractivity contribution is -0.121. The van der Waals surface area contributed by atoms with Crippen LogP contribution in [0.4, 0.5) is 5.69 Å². The molecule has 39 heavy (non-hydrogen) atoms. The van der Waals surface area contributed by atoms with E-state index in [4.69, 9.17) is 0 Å². The van der Waals surface area contributed by atoms with Crippen molar-refractivity contribution in [3.05, 3.63) is 137 Å². The quantitative estimate of drug-likeness (QED) is 0.302. The number of benzene rings is 4. The van der Waals surface area contributed by atoms with Crippen molar-refractivity contribution in [1.82, 2.24) is 25.1 Å². The topological polar surface area (TPSA) is 93.0 Å². The van der Waals surface area contributed by atoms with Gasteiger partial charge >= 0.3 is 0 Å². The molecule has 8 heteroatoms. The van der Waals surface area contributed by atoms with Gasteiger partial charge in [-0.1, -0.05) is 78.9 Å². The standard InChI is InChI=1S/C31H28N6O2/c1-22-10-9-11-23(2)28(22)33-30(38)29(25-14-7-4-8-15-25)36(20-24-12-5-3-6-13-24)31(39)26-16-18-27(19-17-26)37-21-32-34-35-37/h3-19,21,29H,20H2,1-2H3,(H,33,38)/t29-/m1/s1. The Morgan fingerprint density at radius 1 is 0.821 bits per heavy atom. The van der Waals surface area contributed by atoms with Crippen LogP contribution < -0.4 is 5.32 Å². The van der Waals surface area contributed by atoms with Crippen molar-refractivity contribution in [2.75, 3.05) is 5.32 Å². The number of hydrogen-bond acceptors (Lipinski definition) is 5. The molecule has 8 nitrogen and oxygen atoms in total. The maximum Gasteiger partial charge on any atom is 0.255 e. The predicted octanol–water partition coefficient (Wildman–Crippen LogP) is 5.30. The van der Waals surface area contributed by atoms with E-state index in [0.29, 0.717) is 5.56 Å². The molecule has 0 unspecified atom stereocenters. The second kappa shape index (κ2) is 11.5. The Hall–Kier alpha value is -5.11. The average molecular weight is 517 g/mol. The van der Waals surface area contributed by atoms with E-state index < -0.39 is 6.04 Å². The Morgan fingerprint density at radius 3 is 2.08 bits per heavy atom. The Labute approximate surface area is 226 Å². The van der Waals surface area contributed by atoms with Crippen molar-refractivity contribution in [3.63, 3.8) is 0 Å². The van der Waals surface area contributed by atoms with Crippen LogP contribution in [0.15, 0.2) is 109 Å². The highest BCUT2D eigenvalue weighted by atomic mass is 16.2. The van der Waals surface area contributed by atoms with Crippen molar-refractivity contribution >= 4 is 17.5 Å². The molecule has 0 fully saturated rings. The summed E-state index contributed by atoms with van der Waals surface area (Å²) in [6.45, 7) is 4.16. The van der Waals surface area contributed by atoms with Gasteiger partial charge in [0.05, 0.1) is 5.69 Å². The van der Waals surface area contributed by atoms with Crippen molar-refractivity contribution in [1.29, 1.82) is 0 Å². The lowest BCUT2D eigenvalue weighted by Gasteiger charge is -2.32. The summed E-state index contributed by atoms with van der Waals surface area (Å²) in [5, 5.41) is 14.4. The minimum absolute atomic E-state index is 0.244. The van der Waals surface area contributed by atoms with Gasteiger partial charge in [0.1, 0.15) is 12.4 Å². The molecule has 1 N–H and O–H groups in total. The third-order valence-corrected chi connectivity index (χ3v) is 6.59. The zero-order valence-corrected chi connectivity index (χ0v) is 21.7. The molecular formula is C31H28N6O2. The van der Waals surface area contributed by atoms with E-state index in [1.165, 1.54) is 11.0 Å². The van der Waals surface area contributed by atoms with Gasteiger partial charge in [-0.15, -0.1) is 5.10 Å². The number of aromatic nitrogens is 4. The van der Waals surface area contributed by atoms with E-state index >= 15 is 0 Å². The van der Waals surface area contributed by atoms with Crippen molar-refractivity contribution < 1.29 is 9.59 Å². The first-order valence-corrected chi connectivity index (χ1v) is 12.6. The third-order valence-electron chi connectivity index (χ3n) is 6.59. The number of tetrazole rings is 1. The van der Waals surface area contributed by atoms with Crippen LogP contribution in [0.25, 0.3) is 5.69 Å². The van der Waals surface area contributed by atoms with Gasteiger partial charge in [0, 0.05) is 17.8 Å². The number of nitrogens with zero attached hydrogens (tertiary/aromatic N) is 5. The van der Waals surface area contributed by atoms with E-state index in [1.54, 1.807) is 29.2 Å². The third kappa shape index (κ3) is 5.75. The summed E-state index contributed by atoms with van der Waals surface area (Å²) in [5.74, 6) is -0.555. The molecular weight excluding hydrogens is 488 g/mol. The molecule has 2 amide bonds. The summed E-state index contributed by atoms with van der Waals surface area (Å²) in [6, 6.07) is 31.1. The number of aryl methyl sites for hydroxylation is 2. The number of nitrogens with one attached hydrogen (secondary N) is 1. The molecule has 194 valence electrons. The molecule has 0 aliphatic heterocycles. The first kappa shape index (κ1) is 25.5. The van der Waals surface area contributed by atoms with Crippen molar-refractivity contribution in [2.24, 2.45) is 0 Å². The smallest absolute Gasteiger partial charge is 0.255 e. The zero-order valence-electron chi connectivity index (χ0n) is 21.7. The van der Waals surface area contributed by atoms with Crippen LogP contribution in [0.2, 0.25) is 0 Å². The van der Waals surface area contributed by atoms with Gasteiger partial charge in [0.25, 0.3) is 11.8 Å². The van der Waals surface area contributed by atoms with Crippen LogP contribution in [-0.2, 0) is 11.3 Å². The minimum atomic E-state index is -0.878. The van der Waals surface area contributed by atoms with E-state index in [9.17, 15) is 9.59 Å². The predicted molar refractivity (Wildman–Crippen MR) is 149 cm³/mol. The zero-order chi connectivity index (χ0) is 27.2. The molecule has 1 heterocycles. The van der Waals surface area contributed by atoms with E-state index in [2.05, 4.69) is 20.8 Å². The normalized spacial score (nSPS) is 11.5. The fourth-order valence-corrected chi connectivity index (χ4v) is 4.57. The molecule has 0 aliphatic rings. The number of hydrogen-bond donors (Lipinski definition) is 1. The SMILES string of the molecule is Cc1cccc(C)c1NC(=O)[C@@H](c1ccccc1)N(Cc1ccccc1)C(=O)c1ccc(-n2cnnn2)cc1. The maximum absolute atomic E-state index is 14.2. The van der Waals surface area contributed by atoms with E-state index in [0.717, 1.165) is 33.6 Å². The molecule has 0 saturated carbocycles. The second-order valence-corrected chi connectivity index (χ2v) is 9.29. The molecule has 0 bridgehead atoms. The molecule has 1 atom stereocenters. The largest absolute Gasteiger partial charge is 0.323 e. The summed E-state index contributed by atoms with van der Waals surface area (Å²) in [6.07, 6.45) is 1.49. The van der Waals surface area contributed by atoms with E-state index in [1.807, 2.05) is 92.7 Å². The molecule has 0 aliphatic carbocycles. The number of carbonyl (C=O) groups is 2. The minimum Gasteiger partial charge on any atom is -0.323 e. The van der Waals surface area contributed by atoms with Gasteiger partial charge in [0.2, 0.25) is 0 Å². The highest BCUT2D eigenvalue weighted by Gasteiger charge is 2.32. The van der Waals surface area contributed by atoms with Gasteiger partial charge in [-0.3, -0.25) is 9.59 Å². The fourth-order valence-electron chi connectivity index (χ4n) is 4.57. The first-order chi connectivity index (χ1) is 19.0. The number of carbonyl (C=O) groups excluding carboxylic acids is 2. The van der Waals surface area contributed by atoms with Gasteiger partial charge in [-0.05, 0) is 70.8 Å². The molecule has 5 aromatic rings. The molecule has 0 saturated heterocycles. The lowest BCUT2D eigenvalue weighted by atomic mass is 10.0.